The van der Waals surface area contributed by atoms with Crippen molar-refractivity contribution in [1.82, 2.24) is 20.3 Å². The number of allylic oxidation sites excluding steroid dienone is 1. The third kappa shape index (κ3) is 6.31. The molecule has 4 atom stereocenters. The van der Waals surface area contributed by atoms with Gasteiger partial charge in [0, 0.05) is 43.0 Å². The highest BCUT2D eigenvalue weighted by molar-refractivity contribution is 6.08. The number of aryl methyl sites for hydroxylation is 1. The normalized spacial score (nSPS) is 21.5. The number of amides is 2. The third-order valence-electron chi connectivity index (χ3n) is 8.42. The molecular weight excluding hydrogens is 544 g/mol. The fraction of sp³-hybridized carbons (Fsp3) is 0.394. The number of fused-ring (bicyclic) bond motifs is 1. The zero-order valence-electron chi connectivity index (χ0n) is 24.5. The number of carbonyl (C=O) groups is 2. The standard InChI is InChI=1S/C33H40N6O4/c1-3-17-39-30-15-14-26(35-31(41)25-13-9-16-34-20-25)19-28(30)33(43,32(39)42)23(2)10-7-8-18-38-21-29(36-37-38)27(22-40)24-11-5-4-6-12-24/h3-7,10-12,14-15,19,21,23,25,27,34,40,43H,1,8-9,13,16-18,20,22H2,2H3,(H,35,41)/b10-7+/t23-,25?,27?,33+/m1/s1. The molecule has 226 valence electrons. The van der Waals surface area contributed by atoms with Gasteiger partial charge in [-0.1, -0.05) is 60.7 Å². The van der Waals surface area contributed by atoms with E-state index in [1.807, 2.05) is 55.6 Å². The average Bonchev–Trinajstić information content (AvgIpc) is 3.58. The predicted octanol–water partition coefficient (Wildman–Crippen LogP) is 3.34. The number of aliphatic hydroxyl groups is 2. The molecule has 2 aromatic carbocycles. The summed E-state index contributed by atoms with van der Waals surface area (Å²) in [6.45, 7) is 7.88. The van der Waals surface area contributed by atoms with Gasteiger partial charge in [-0.3, -0.25) is 14.3 Å². The number of nitrogens with one attached hydrogen (secondary N) is 2. The van der Waals surface area contributed by atoms with Gasteiger partial charge in [0.25, 0.3) is 5.91 Å². The third-order valence-corrected chi connectivity index (χ3v) is 8.42. The molecule has 2 unspecified atom stereocenters. The summed E-state index contributed by atoms with van der Waals surface area (Å²) in [6.07, 6.45) is 9.61. The number of aromatic nitrogens is 3. The first-order chi connectivity index (χ1) is 20.9. The van der Waals surface area contributed by atoms with Crippen LogP contribution in [0.1, 0.15) is 48.9 Å². The summed E-state index contributed by atoms with van der Waals surface area (Å²) in [5.74, 6) is -1.40. The van der Waals surface area contributed by atoms with E-state index in [-0.39, 0.29) is 30.9 Å². The number of nitrogens with zero attached hydrogens (tertiary/aromatic N) is 4. The number of carbonyl (C=O) groups excluding carboxylic acids is 2. The van der Waals surface area contributed by atoms with Crippen LogP contribution >= 0.6 is 0 Å². The largest absolute Gasteiger partial charge is 0.395 e. The molecule has 43 heavy (non-hydrogen) atoms. The Labute approximate surface area is 252 Å². The van der Waals surface area contributed by atoms with Crippen molar-refractivity contribution in [2.24, 2.45) is 11.8 Å². The van der Waals surface area contributed by atoms with Crippen molar-refractivity contribution in [3.8, 4) is 0 Å². The number of rotatable bonds is 12. The van der Waals surface area contributed by atoms with Gasteiger partial charge in [0.2, 0.25) is 5.91 Å². The van der Waals surface area contributed by atoms with Crippen molar-refractivity contribution in [2.75, 3.05) is 36.5 Å². The van der Waals surface area contributed by atoms with Crippen LogP contribution in [0, 0.1) is 11.8 Å². The minimum absolute atomic E-state index is 0.0683. The molecule has 0 aliphatic carbocycles. The molecule has 1 saturated heterocycles. The van der Waals surface area contributed by atoms with Crippen molar-refractivity contribution in [1.29, 1.82) is 0 Å². The van der Waals surface area contributed by atoms with E-state index in [2.05, 4.69) is 27.5 Å². The predicted molar refractivity (Wildman–Crippen MR) is 165 cm³/mol. The van der Waals surface area contributed by atoms with Gasteiger partial charge >= 0.3 is 0 Å². The molecule has 10 nitrogen and oxygen atoms in total. The molecule has 0 bridgehead atoms. The van der Waals surface area contributed by atoms with E-state index in [4.69, 9.17) is 0 Å². The van der Waals surface area contributed by atoms with E-state index in [1.165, 1.54) is 4.90 Å². The van der Waals surface area contributed by atoms with Gasteiger partial charge < -0.3 is 25.7 Å². The first-order valence-electron chi connectivity index (χ1n) is 14.9. The van der Waals surface area contributed by atoms with E-state index in [1.54, 1.807) is 29.0 Å². The van der Waals surface area contributed by atoms with Gasteiger partial charge in [-0.2, -0.15) is 0 Å². The van der Waals surface area contributed by atoms with E-state index < -0.39 is 17.4 Å². The molecular formula is C33H40N6O4. The lowest BCUT2D eigenvalue weighted by Gasteiger charge is -2.27. The van der Waals surface area contributed by atoms with E-state index in [9.17, 15) is 19.8 Å². The van der Waals surface area contributed by atoms with E-state index >= 15 is 0 Å². The summed E-state index contributed by atoms with van der Waals surface area (Å²) < 4.78 is 1.73. The Bertz CT molecular complexity index is 1470. The maximum atomic E-state index is 13.6. The second-order valence-corrected chi connectivity index (χ2v) is 11.3. The van der Waals surface area contributed by atoms with Crippen LogP contribution in [0.3, 0.4) is 0 Å². The number of anilines is 2. The molecule has 0 saturated carbocycles. The summed E-state index contributed by atoms with van der Waals surface area (Å²) in [6, 6.07) is 15.0. The highest BCUT2D eigenvalue weighted by Crippen LogP contribution is 2.46. The van der Waals surface area contributed by atoms with Crippen LogP contribution in [-0.2, 0) is 21.7 Å². The molecule has 2 amide bonds. The molecule has 0 radical (unpaired) electrons. The Morgan fingerprint density at radius 2 is 2.09 bits per heavy atom. The van der Waals surface area contributed by atoms with Crippen LogP contribution in [0.5, 0.6) is 0 Å². The average molecular weight is 585 g/mol. The van der Waals surface area contributed by atoms with Crippen LogP contribution in [-0.4, -0.2) is 63.3 Å². The Hall–Kier alpha value is -4.12. The Kier molecular flexibility index (Phi) is 9.49. The molecule has 2 aliphatic heterocycles. The molecule has 4 N–H and O–H groups in total. The SMILES string of the molecule is C=CCN1C(=O)[C@](O)([C@H](C)/C=C/CCn2cc(C(CO)c3ccccc3)nn2)c2cc(NC(=O)C3CCCNC3)ccc21. The van der Waals surface area contributed by atoms with Gasteiger partial charge in [0.1, 0.15) is 0 Å². The summed E-state index contributed by atoms with van der Waals surface area (Å²) >= 11 is 0. The topological polar surface area (TPSA) is 133 Å². The summed E-state index contributed by atoms with van der Waals surface area (Å²) in [5.41, 5.74) is 1.49. The van der Waals surface area contributed by atoms with Gasteiger partial charge in [-0.05, 0) is 49.6 Å². The maximum Gasteiger partial charge on any atom is 0.264 e. The summed E-state index contributed by atoms with van der Waals surface area (Å²) in [5, 5.41) is 36.6. The Balaban J connectivity index is 1.28. The van der Waals surface area contributed by atoms with Gasteiger partial charge in [0.05, 0.1) is 29.8 Å². The molecule has 3 aromatic rings. The van der Waals surface area contributed by atoms with Crippen molar-refractivity contribution >= 4 is 23.2 Å². The second kappa shape index (κ2) is 13.5. The number of hydrogen-bond donors (Lipinski definition) is 4. The summed E-state index contributed by atoms with van der Waals surface area (Å²) in [4.78, 5) is 28.0. The quantitative estimate of drug-likeness (QED) is 0.240. The van der Waals surface area contributed by atoms with Crippen LogP contribution in [0.15, 0.2) is 79.5 Å². The molecule has 5 rings (SSSR count). The first-order valence-corrected chi connectivity index (χ1v) is 14.9. The van der Waals surface area contributed by atoms with E-state index in [0.717, 1.165) is 24.9 Å². The Morgan fingerprint density at radius 3 is 2.81 bits per heavy atom. The highest BCUT2D eigenvalue weighted by Gasteiger charge is 2.52. The lowest BCUT2D eigenvalue weighted by molar-refractivity contribution is -0.139. The highest BCUT2D eigenvalue weighted by atomic mass is 16.3. The van der Waals surface area contributed by atoms with Gasteiger partial charge in [0.15, 0.2) is 5.60 Å². The zero-order chi connectivity index (χ0) is 30.4. The fourth-order valence-electron chi connectivity index (χ4n) is 5.94. The van der Waals surface area contributed by atoms with Crippen molar-refractivity contribution < 1.29 is 19.8 Å². The van der Waals surface area contributed by atoms with Crippen LogP contribution in [0.25, 0.3) is 0 Å². The minimum Gasteiger partial charge on any atom is -0.395 e. The first kappa shape index (κ1) is 30.3. The van der Waals surface area contributed by atoms with Crippen molar-refractivity contribution in [2.45, 2.75) is 44.2 Å². The molecule has 1 fully saturated rings. The molecule has 10 heteroatoms. The molecule has 3 heterocycles. The van der Waals surface area contributed by atoms with E-state index in [0.29, 0.717) is 42.1 Å². The Morgan fingerprint density at radius 1 is 1.28 bits per heavy atom. The lowest BCUT2D eigenvalue weighted by Crippen LogP contribution is -2.44. The van der Waals surface area contributed by atoms with Crippen LogP contribution < -0.4 is 15.5 Å². The minimum atomic E-state index is -1.80. The van der Waals surface area contributed by atoms with Crippen LogP contribution in [0.4, 0.5) is 11.4 Å². The second-order valence-electron chi connectivity index (χ2n) is 11.3. The number of hydrogen-bond acceptors (Lipinski definition) is 7. The molecule has 2 aliphatic rings. The van der Waals surface area contributed by atoms with Gasteiger partial charge in [-0.25, -0.2) is 0 Å². The van der Waals surface area contributed by atoms with Gasteiger partial charge in [-0.15, -0.1) is 11.7 Å². The smallest absolute Gasteiger partial charge is 0.264 e. The monoisotopic (exact) mass is 584 g/mol. The van der Waals surface area contributed by atoms with Crippen molar-refractivity contribution in [3.63, 3.8) is 0 Å². The number of aliphatic hydroxyl groups excluding tert-OH is 1. The number of benzene rings is 2. The number of piperidine rings is 1. The van der Waals surface area contributed by atoms with Crippen molar-refractivity contribution in [3.05, 3.63) is 96.4 Å². The van der Waals surface area contributed by atoms with Crippen LogP contribution in [0.2, 0.25) is 0 Å². The lowest BCUT2D eigenvalue weighted by atomic mass is 9.82. The molecule has 0 spiro atoms. The molecule has 1 aromatic heterocycles. The zero-order valence-corrected chi connectivity index (χ0v) is 24.5. The fourth-order valence-corrected chi connectivity index (χ4v) is 5.94. The maximum absolute atomic E-state index is 13.6. The summed E-state index contributed by atoms with van der Waals surface area (Å²) in [7, 11) is 0.